The van der Waals surface area contributed by atoms with E-state index in [1.807, 2.05) is 6.92 Å². The van der Waals surface area contributed by atoms with Gasteiger partial charge in [0.15, 0.2) is 0 Å². The lowest BCUT2D eigenvalue weighted by Gasteiger charge is -2.16. The first-order valence-electron chi connectivity index (χ1n) is 6.25. The van der Waals surface area contributed by atoms with Crippen molar-refractivity contribution in [2.75, 3.05) is 0 Å². The maximum atomic E-state index is 11.6. The Labute approximate surface area is 112 Å². The molecule has 7 heteroatoms. The monoisotopic (exact) mass is 268 g/mol. The number of aromatic nitrogens is 2. The van der Waals surface area contributed by atoms with Crippen molar-refractivity contribution >= 4 is 12.0 Å². The van der Waals surface area contributed by atoms with Crippen molar-refractivity contribution in [3.63, 3.8) is 0 Å². The van der Waals surface area contributed by atoms with E-state index in [1.165, 1.54) is 0 Å². The van der Waals surface area contributed by atoms with Crippen LogP contribution in [-0.4, -0.2) is 32.9 Å². The molecule has 0 aliphatic carbocycles. The van der Waals surface area contributed by atoms with Gasteiger partial charge in [0.25, 0.3) is 0 Å². The number of nitrogens with zero attached hydrogens (tertiary/aromatic N) is 2. The molecule has 0 aliphatic rings. The van der Waals surface area contributed by atoms with E-state index in [0.29, 0.717) is 13.0 Å². The van der Waals surface area contributed by atoms with Crippen molar-refractivity contribution in [2.24, 2.45) is 7.05 Å². The average Bonchev–Trinajstić information content (AvgIpc) is 2.72. The fourth-order valence-corrected chi connectivity index (χ4v) is 1.77. The molecule has 0 fully saturated rings. The molecule has 106 valence electrons. The molecule has 1 rings (SSSR count). The molecule has 1 aromatic rings. The van der Waals surface area contributed by atoms with E-state index in [0.717, 1.165) is 12.0 Å². The van der Waals surface area contributed by atoms with Crippen molar-refractivity contribution in [1.82, 2.24) is 20.4 Å². The summed E-state index contributed by atoms with van der Waals surface area (Å²) in [6.07, 6.45) is 4.88. The molecule has 0 saturated heterocycles. The lowest BCUT2D eigenvalue weighted by molar-refractivity contribution is -0.137. The number of carbonyl (C=O) groups is 2. The number of amides is 2. The van der Waals surface area contributed by atoms with Crippen LogP contribution in [-0.2, 0) is 18.4 Å². The molecule has 3 N–H and O–H groups in total. The summed E-state index contributed by atoms with van der Waals surface area (Å²) in [6, 6.07) is -0.694. The number of nitrogens with one attached hydrogen (secondary N) is 2. The summed E-state index contributed by atoms with van der Waals surface area (Å²) in [5.41, 5.74) is 0.892. The Hall–Kier alpha value is -2.05. The standard InChI is InChI=1S/C12H20N4O3/c1-3-4-10(5-11(17)18)15-12(19)13-6-9-7-14-16(2)8-9/h7-8,10H,3-6H2,1-2H3,(H,17,18)(H2,13,15,19). The van der Waals surface area contributed by atoms with Crippen LogP contribution in [0.25, 0.3) is 0 Å². The fourth-order valence-electron chi connectivity index (χ4n) is 1.77. The predicted octanol–water partition coefficient (Wildman–Crippen LogP) is 0.863. The van der Waals surface area contributed by atoms with Gasteiger partial charge in [0, 0.05) is 31.4 Å². The third-order valence-electron chi connectivity index (χ3n) is 2.60. The molecule has 2 amide bonds. The van der Waals surface area contributed by atoms with Crippen molar-refractivity contribution < 1.29 is 14.7 Å². The van der Waals surface area contributed by atoms with Crippen LogP contribution in [0, 0.1) is 0 Å². The molecule has 1 aromatic heterocycles. The number of hydrogen-bond acceptors (Lipinski definition) is 3. The third-order valence-corrected chi connectivity index (χ3v) is 2.60. The highest BCUT2D eigenvalue weighted by Crippen LogP contribution is 2.02. The summed E-state index contributed by atoms with van der Waals surface area (Å²) in [4.78, 5) is 22.3. The van der Waals surface area contributed by atoms with E-state index in [1.54, 1.807) is 24.1 Å². The molecule has 0 saturated carbocycles. The molecule has 1 heterocycles. The van der Waals surface area contributed by atoms with Crippen LogP contribution in [0.3, 0.4) is 0 Å². The van der Waals surface area contributed by atoms with Crippen LogP contribution in [0.15, 0.2) is 12.4 Å². The van der Waals surface area contributed by atoms with Gasteiger partial charge in [-0.1, -0.05) is 13.3 Å². The van der Waals surface area contributed by atoms with E-state index in [9.17, 15) is 9.59 Å². The second kappa shape index (κ2) is 7.40. The molecule has 7 nitrogen and oxygen atoms in total. The van der Waals surface area contributed by atoms with Crippen LogP contribution >= 0.6 is 0 Å². The molecule has 0 bridgehead atoms. The number of carboxylic acid groups (broad SMARTS) is 1. The van der Waals surface area contributed by atoms with E-state index < -0.39 is 5.97 Å². The Morgan fingerprint density at radius 1 is 1.53 bits per heavy atom. The Kier molecular flexibility index (Phi) is 5.84. The topological polar surface area (TPSA) is 96.2 Å². The van der Waals surface area contributed by atoms with Gasteiger partial charge >= 0.3 is 12.0 Å². The molecule has 1 unspecified atom stereocenters. The Morgan fingerprint density at radius 3 is 2.79 bits per heavy atom. The number of aryl methyl sites for hydroxylation is 1. The molecule has 1 atom stereocenters. The summed E-state index contributed by atoms with van der Waals surface area (Å²) < 4.78 is 1.65. The minimum atomic E-state index is -0.911. The summed E-state index contributed by atoms with van der Waals surface area (Å²) >= 11 is 0. The lowest BCUT2D eigenvalue weighted by atomic mass is 10.1. The minimum Gasteiger partial charge on any atom is -0.481 e. The van der Waals surface area contributed by atoms with Gasteiger partial charge in [0.2, 0.25) is 0 Å². The number of aliphatic carboxylic acids is 1. The Morgan fingerprint density at radius 2 is 2.26 bits per heavy atom. The van der Waals surface area contributed by atoms with E-state index >= 15 is 0 Å². The van der Waals surface area contributed by atoms with E-state index in [4.69, 9.17) is 5.11 Å². The highest BCUT2D eigenvalue weighted by atomic mass is 16.4. The molecule has 0 radical (unpaired) electrons. The first-order valence-corrected chi connectivity index (χ1v) is 6.25. The number of rotatable bonds is 7. The summed E-state index contributed by atoms with van der Waals surface area (Å²) in [7, 11) is 1.80. The second-order valence-corrected chi connectivity index (χ2v) is 4.43. The first kappa shape index (κ1) is 15.0. The van der Waals surface area contributed by atoms with Crippen molar-refractivity contribution in [3.8, 4) is 0 Å². The normalized spacial score (nSPS) is 11.9. The van der Waals surface area contributed by atoms with Gasteiger partial charge < -0.3 is 15.7 Å². The maximum absolute atomic E-state index is 11.6. The third kappa shape index (κ3) is 5.89. The number of carbonyl (C=O) groups excluding carboxylic acids is 1. The maximum Gasteiger partial charge on any atom is 0.315 e. The van der Waals surface area contributed by atoms with Gasteiger partial charge in [-0.15, -0.1) is 0 Å². The second-order valence-electron chi connectivity index (χ2n) is 4.43. The van der Waals surface area contributed by atoms with Gasteiger partial charge in [0.1, 0.15) is 0 Å². The number of urea groups is 1. The van der Waals surface area contributed by atoms with Gasteiger partial charge in [0.05, 0.1) is 12.6 Å². The highest BCUT2D eigenvalue weighted by Gasteiger charge is 2.14. The van der Waals surface area contributed by atoms with Gasteiger partial charge in [-0.2, -0.15) is 5.10 Å². The smallest absolute Gasteiger partial charge is 0.315 e. The van der Waals surface area contributed by atoms with Crippen molar-refractivity contribution in [2.45, 2.75) is 38.8 Å². The van der Waals surface area contributed by atoms with Gasteiger partial charge in [-0.25, -0.2) is 4.79 Å². The average molecular weight is 268 g/mol. The van der Waals surface area contributed by atoms with Crippen molar-refractivity contribution in [3.05, 3.63) is 18.0 Å². The minimum absolute atomic E-state index is 0.0614. The van der Waals surface area contributed by atoms with E-state index in [2.05, 4.69) is 15.7 Å². The lowest BCUT2D eigenvalue weighted by Crippen LogP contribution is -2.42. The summed E-state index contributed by atoms with van der Waals surface area (Å²) in [6.45, 7) is 2.32. The molecule has 0 aromatic carbocycles. The van der Waals surface area contributed by atoms with E-state index in [-0.39, 0.29) is 18.5 Å². The fraction of sp³-hybridized carbons (Fsp3) is 0.583. The zero-order valence-corrected chi connectivity index (χ0v) is 11.2. The van der Waals surface area contributed by atoms with Crippen LogP contribution in [0.5, 0.6) is 0 Å². The predicted molar refractivity (Wildman–Crippen MR) is 69.5 cm³/mol. The molecular formula is C12H20N4O3. The number of hydrogen-bond donors (Lipinski definition) is 3. The first-order chi connectivity index (χ1) is 9.01. The summed E-state index contributed by atoms with van der Waals surface area (Å²) in [5.74, 6) is -0.911. The van der Waals surface area contributed by atoms with Crippen molar-refractivity contribution in [1.29, 1.82) is 0 Å². The molecular weight excluding hydrogens is 248 g/mol. The van der Waals surface area contributed by atoms with Gasteiger partial charge in [-0.3, -0.25) is 9.48 Å². The summed E-state index contributed by atoms with van der Waals surface area (Å²) in [5, 5.41) is 18.1. The molecule has 0 aliphatic heterocycles. The number of carboxylic acids is 1. The quantitative estimate of drug-likeness (QED) is 0.683. The molecule has 0 spiro atoms. The van der Waals surface area contributed by atoms with Crippen LogP contribution in [0.2, 0.25) is 0 Å². The largest absolute Gasteiger partial charge is 0.481 e. The molecule has 19 heavy (non-hydrogen) atoms. The van der Waals surface area contributed by atoms with Gasteiger partial charge in [-0.05, 0) is 6.42 Å². The Bertz CT molecular complexity index is 430. The SMILES string of the molecule is CCCC(CC(=O)O)NC(=O)NCc1cnn(C)c1. The zero-order chi connectivity index (χ0) is 14.3. The zero-order valence-electron chi connectivity index (χ0n) is 11.2. The van der Waals surface area contributed by atoms with Crippen LogP contribution in [0.1, 0.15) is 31.7 Å². The van der Waals surface area contributed by atoms with Crippen LogP contribution in [0.4, 0.5) is 4.79 Å². The van der Waals surface area contributed by atoms with Crippen LogP contribution < -0.4 is 10.6 Å². The Balaban J connectivity index is 2.37. The highest BCUT2D eigenvalue weighted by molar-refractivity contribution is 5.75.